The lowest BCUT2D eigenvalue weighted by atomic mass is 9.81. The van der Waals surface area contributed by atoms with Crippen molar-refractivity contribution < 1.29 is 32.2 Å². The van der Waals surface area contributed by atoms with Gasteiger partial charge >= 0.3 is 12.1 Å². The summed E-state index contributed by atoms with van der Waals surface area (Å²) in [7, 11) is 0. The van der Waals surface area contributed by atoms with E-state index in [9.17, 15) is 22.8 Å². The lowest BCUT2D eigenvalue weighted by molar-refractivity contribution is -0.152. The van der Waals surface area contributed by atoms with Crippen molar-refractivity contribution >= 4 is 11.9 Å². The van der Waals surface area contributed by atoms with Gasteiger partial charge in [-0.1, -0.05) is 0 Å². The number of fused-ring (bicyclic) bond motifs is 1. The maximum atomic E-state index is 13.6. The van der Waals surface area contributed by atoms with Gasteiger partial charge in [-0.15, -0.1) is 0 Å². The summed E-state index contributed by atoms with van der Waals surface area (Å²) in [5.41, 5.74) is 0.435. The van der Waals surface area contributed by atoms with E-state index in [1.165, 1.54) is 11.1 Å². The zero-order valence-corrected chi connectivity index (χ0v) is 19.0. The minimum Gasteiger partial charge on any atom is -0.450 e. The lowest BCUT2D eigenvalue weighted by Gasteiger charge is -2.44. The summed E-state index contributed by atoms with van der Waals surface area (Å²) in [6.45, 7) is 4.72. The maximum Gasteiger partial charge on any atom is 0.451 e. The highest BCUT2D eigenvalue weighted by molar-refractivity contribution is 6.07. The van der Waals surface area contributed by atoms with Crippen molar-refractivity contribution in [1.82, 2.24) is 19.8 Å². The molecule has 0 aromatic carbocycles. The number of piperidine rings is 1. The van der Waals surface area contributed by atoms with E-state index in [1.54, 1.807) is 6.92 Å². The lowest BCUT2D eigenvalue weighted by Crippen LogP contribution is -2.52. The molecule has 4 aliphatic heterocycles. The summed E-state index contributed by atoms with van der Waals surface area (Å²) in [6.07, 6.45) is -0.170. The predicted octanol–water partition coefficient (Wildman–Crippen LogP) is 2.27. The van der Waals surface area contributed by atoms with Gasteiger partial charge in [0.05, 0.1) is 17.8 Å². The quantitative estimate of drug-likeness (QED) is 0.601. The Morgan fingerprint density at radius 2 is 1.88 bits per heavy atom. The molecule has 34 heavy (non-hydrogen) atoms. The third-order valence-corrected chi connectivity index (χ3v) is 7.44. The Bertz CT molecular complexity index is 1030. The van der Waals surface area contributed by atoms with Crippen LogP contribution in [0.5, 0.6) is 0 Å². The van der Waals surface area contributed by atoms with Crippen LogP contribution in [0.1, 0.15) is 49.7 Å². The second-order valence-corrected chi connectivity index (χ2v) is 9.40. The van der Waals surface area contributed by atoms with Crippen LogP contribution in [0.3, 0.4) is 0 Å². The van der Waals surface area contributed by atoms with Crippen LogP contribution in [-0.2, 0) is 38.2 Å². The summed E-state index contributed by atoms with van der Waals surface area (Å²) >= 11 is 0. The molecule has 11 heteroatoms. The molecule has 0 N–H and O–H groups in total. The SMILES string of the molecule is CC1=C(C(=O)N2CCc3cnc(C(F)(F)F)nc3C2)C2(CCN(C3CCOCC3)CC2)OC1=O. The number of aromatic nitrogens is 2. The summed E-state index contributed by atoms with van der Waals surface area (Å²) < 4.78 is 50.5. The van der Waals surface area contributed by atoms with Crippen molar-refractivity contribution in [3.63, 3.8) is 0 Å². The molecule has 5 rings (SSSR count). The van der Waals surface area contributed by atoms with Gasteiger partial charge < -0.3 is 14.4 Å². The number of likely N-dealkylation sites (tertiary alicyclic amines) is 1. The minimum atomic E-state index is -4.66. The number of alkyl halides is 3. The van der Waals surface area contributed by atoms with Crippen LogP contribution in [0.4, 0.5) is 13.2 Å². The fourth-order valence-electron chi connectivity index (χ4n) is 5.53. The van der Waals surface area contributed by atoms with Gasteiger partial charge in [-0.2, -0.15) is 13.2 Å². The van der Waals surface area contributed by atoms with Crippen molar-refractivity contribution in [3.05, 3.63) is 34.4 Å². The minimum absolute atomic E-state index is 0.0605. The fourth-order valence-corrected chi connectivity index (χ4v) is 5.53. The normalized spacial score (nSPS) is 23.9. The smallest absolute Gasteiger partial charge is 0.450 e. The van der Waals surface area contributed by atoms with E-state index < -0.39 is 23.6 Å². The summed E-state index contributed by atoms with van der Waals surface area (Å²) in [5.74, 6) is -2.07. The molecule has 8 nitrogen and oxygen atoms in total. The Morgan fingerprint density at radius 3 is 2.56 bits per heavy atom. The van der Waals surface area contributed by atoms with Gasteiger partial charge in [-0.05, 0) is 31.7 Å². The highest BCUT2D eigenvalue weighted by Crippen LogP contribution is 2.43. The zero-order valence-electron chi connectivity index (χ0n) is 19.0. The fraction of sp³-hybridized carbons (Fsp3) is 0.652. The van der Waals surface area contributed by atoms with Crippen molar-refractivity contribution in [2.24, 2.45) is 0 Å². The van der Waals surface area contributed by atoms with E-state index in [4.69, 9.17) is 9.47 Å². The predicted molar refractivity (Wildman–Crippen MR) is 112 cm³/mol. The molecular weight excluding hydrogens is 453 g/mol. The average molecular weight is 480 g/mol. The standard InChI is InChI=1S/C23H27F3N4O4/c1-14-18(19(31)30-7-2-15-12-27-21(23(24,25)26)28-17(15)13-30)22(34-20(14)32)5-8-29(9-6-22)16-3-10-33-11-4-16/h12,16H,2-11,13H2,1H3. The molecule has 2 fully saturated rings. The third kappa shape index (κ3) is 4.08. The highest BCUT2D eigenvalue weighted by Gasteiger charge is 2.52. The van der Waals surface area contributed by atoms with Gasteiger partial charge in [0.2, 0.25) is 5.82 Å². The van der Waals surface area contributed by atoms with Gasteiger partial charge in [0.1, 0.15) is 5.60 Å². The molecule has 4 aliphatic rings. The molecule has 1 aromatic rings. The van der Waals surface area contributed by atoms with E-state index in [1.807, 2.05) is 0 Å². The number of hydrogen-bond acceptors (Lipinski definition) is 7. The second-order valence-electron chi connectivity index (χ2n) is 9.40. The molecule has 5 heterocycles. The van der Waals surface area contributed by atoms with Crippen molar-refractivity contribution in [1.29, 1.82) is 0 Å². The Kier molecular flexibility index (Phi) is 5.87. The first-order valence-electron chi connectivity index (χ1n) is 11.7. The van der Waals surface area contributed by atoms with Crippen molar-refractivity contribution in [2.75, 3.05) is 32.8 Å². The van der Waals surface area contributed by atoms with E-state index >= 15 is 0 Å². The molecule has 1 amide bonds. The first-order chi connectivity index (χ1) is 16.2. The molecule has 0 atom stereocenters. The molecule has 0 saturated carbocycles. The molecule has 0 radical (unpaired) electrons. The number of rotatable bonds is 2. The van der Waals surface area contributed by atoms with Gasteiger partial charge in [0.15, 0.2) is 0 Å². The number of halogens is 3. The van der Waals surface area contributed by atoms with E-state index in [2.05, 4.69) is 14.9 Å². The monoisotopic (exact) mass is 480 g/mol. The maximum absolute atomic E-state index is 13.6. The van der Waals surface area contributed by atoms with Crippen LogP contribution in [0, 0.1) is 0 Å². The Morgan fingerprint density at radius 1 is 1.18 bits per heavy atom. The summed E-state index contributed by atoms with van der Waals surface area (Å²) in [4.78, 5) is 37.2. The van der Waals surface area contributed by atoms with Crippen LogP contribution in [-0.4, -0.2) is 76.1 Å². The van der Waals surface area contributed by atoms with Crippen LogP contribution >= 0.6 is 0 Å². The largest absolute Gasteiger partial charge is 0.451 e. The Hall–Kier alpha value is -2.53. The van der Waals surface area contributed by atoms with Crippen LogP contribution in [0.25, 0.3) is 0 Å². The average Bonchev–Trinajstić information content (AvgIpc) is 3.07. The molecular formula is C23H27F3N4O4. The van der Waals surface area contributed by atoms with E-state index in [-0.39, 0.29) is 23.7 Å². The zero-order chi connectivity index (χ0) is 24.1. The number of carbonyl (C=O) groups excluding carboxylic acids is 2. The molecule has 0 aliphatic carbocycles. The first kappa shape index (κ1) is 23.2. The van der Waals surface area contributed by atoms with Gasteiger partial charge in [0.25, 0.3) is 5.91 Å². The van der Waals surface area contributed by atoms with Crippen LogP contribution < -0.4 is 0 Å². The summed E-state index contributed by atoms with van der Waals surface area (Å²) in [6, 6.07) is 0.425. The number of ether oxygens (including phenoxy) is 2. The molecule has 2 saturated heterocycles. The topological polar surface area (TPSA) is 84.9 Å². The Labute approximate surface area is 195 Å². The van der Waals surface area contributed by atoms with Crippen LogP contribution in [0.15, 0.2) is 17.3 Å². The van der Waals surface area contributed by atoms with Gasteiger partial charge in [0, 0.05) is 63.5 Å². The molecule has 1 spiro atoms. The third-order valence-electron chi connectivity index (χ3n) is 7.44. The molecule has 0 bridgehead atoms. The number of nitrogens with zero attached hydrogens (tertiary/aromatic N) is 4. The number of carbonyl (C=O) groups is 2. The number of amides is 1. The number of esters is 1. The van der Waals surface area contributed by atoms with Crippen molar-refractivity contribution in [2.45, 2.75) is 63.4 Å². The number of hydrogen-bond donors (Lipinski definition) is 0. The second kappa shape index (κ2) is 8.60. The van der Waals surface area contributed by atoms with E-state index in [0.717, 1.165) is 26.1 Å². The van der Waals surface area contributed by atoms with Crippen molar-refractivity contribution in [3.8, 4) is 0 Å². The van der Waals surface area contributed by atoms with Crippen LogP contribution in [0.2, 0.25) is 0 Å². The first-order valence-corrected chi connectivity index (χ1v) is 11.7. The van der Waals surface area contributed by atoms with E-state index in [0.29, 0.717) is 56.1 Å². The highest BCUT2D eigenvalue weighted by atomic mass is 19.4. The Balaban J connectivity index is 1.35. The molecule has 1 aromatic heterocycles. The summed E-state index contributed by atoms with van der Waals surface area (Å²) in [5, 5.41) is 0. The van der Waals surface area contributed by atoms with Gasteiger partial charge in [-0.3, -0.25) is 9.69 Å². The van der Waals surface area contributed by atoms with Gasteiger partial charge in [-0.25, -0.2) is 14.8 Å². The molecule has 0 unspecified atom stereocenters. The molecule has 184 valence electrons.